The number of nitrogens with zero attached hydrogens (tertiary/aromatic N) is 3. The van der Waals surface area contributed by atoms with Crippen molar-refractivity contribution in [3.05, 3.63) is 11.9 Å². The number of nitrogens with two attached hydrogens (primary N) is 1. The molecular weight excluding hydrogens is 238 g/mol. The Bertz CT molecular complexity index is 438. The van der Waals surface area contributed by atoms with E-state index in [4.69, 9.17) is 10.8 Å². The van der Waals surface area contributed by atoms with Crippen molar-refractivity contribution in [2.24, 2.45) is 5.84 Å². The average Bonchev–Trinajstić information content (AvgIpc) is 2.37. The average molecular weight is 263 g/mol. The van der Waals surface area contributed by atoms with E-state index in [0.29, 0.717) is 11.9 Å². The van der Waals surface area contributed by atoms with Gasteiger partial charge in [-0.05, 0) is 26.2 Å². The van der Waals surface area contributed by atoms with E-state index in [9.17, 15) is 0 Å². The van der Waals surface area contributed by atoms with Crippen LogP contribution in [0.4, 0.5) is 11.6 Å². The lowest BCUT2D eigenvalue weighted by Crippen LogP contribution is -2.38. The van der Waals surface area contributed by atoms with Gasteiger partial charge in [0, 0.05) is 24.1 Å². The molecule has 1 unspecified atom stereocenters. The number of nitrogens with one attached hydrogen (secondary N) is 1. The molecule has 0 saturated carbocycles. The van der Waals surface area contributed by atoms with Crippen LogP contribution in [0.5, 0.6) is 0 Å². The van der Waals surface area contributed by atoms with Crippen LogP contribution in [0.3, 0.4) is 0 Å². The number of nitrogen functional groups attached to an aromatic ring is 1. The first kappa shape index (κ1) is 14.1. The summed E-state index contributed by atoms with van der Waals surface area (Å²) in [6, 6.07) is 2.47. The van der Waals surface area contributed by atoms with Gasteiger partial charge in [0.1, 0.15) is 17.5 Å². The van der Waals surface area contributed by atoms with Gasteiger partial charge in [-0.15, -0.1) is 0 Å². The smallest absolute Gasteiger partial charge is 0.145 e. The predicted octanol–water partition coefficient (Wildman–Crippen LogP) is 2.44. The van der Waals surface area contributed by atoms with Gasteiger partial charge in [0.05, 0.1) is 0 Å². The molecule has 3 N–H and O–H groups in total. The van der Waals surface area contributed by atoms with Crippen molar-refractivity contribution < 1.29 is 0 Å². The van der Waals surface area contributed by atoms with E-state index in [0.717, 1.165) is 18.2 Å². The first-order valence-electron chi connectivity index (χ1n) is 7.04. The number of piperidine rings is 1. The van der Waals surface area contributed by atoms with Crippen LogP contribution in [-0.4, -0.2) is 22.6 Å². The Morgan fingerprint density at radius 3 is 2.63 bits per heavy atom. The predicted molar refractivity (Wildman–Crippen MR) is 79.2 cm³/mol. The summed E-state index contributed by atoms with van der Waals surface area (Å²) in [5.41, 5.74) is 2.57. The molecule has 0 bridgehead atoms. The Morgan fingerprint density at radius 1 is 1.32 bits per heavy atom. The van der Waals surface area contributed by atoms with Crippen LogP contribution < -0.4 is 16.2 Å². The number of anilines is 2. The van der Waals surface area contributed by atoms with Crippen LogP contribution in [0.1, 0.15) is 52.8 Å². The number of hydrogen-bond acceptors (Lipinski definition) is 5. The van der Waals surface area contributed by atoms with Gasteiger partial charge in [0.2, 0.25) is 0 Å². The monoisotopic (exact) mass is 263 g/mol. The van der Waals surface area contributed by atoms with Crippen LogP contribution in [-0.2, 0) is 5.41 Å². The van der Waals surface area contributed by atoms with Crippen molar-refractivity contribution in [2.45, 2.75) is 58.4 Å². The van der Waals surface area contributed by atoms with Crippen molar-refractivity contribution in [1.82, 2.24) is 9.97 Å². The molecule has 1 aliphatic rings. The van der Waals surface area contributed by atoms with Crippen LogP contribution in [0.2, 0.25) is 0 Å². The second-order valence-electron chi connectivity index (χ2n) is 6.37. The van der Waals surface area contributed by atoms with Gasteiger partial charge >= 0.3 is 0 Å². The Balaban J connectivity index is 2.39. The Morgan fingerprint density at radius 2 is 2.05 bits per heavy atom. The summed E-state index contributed by atoms with van der Waals surface area (Å²) in [5.74, 6) is 8.04. The maximum absolute atomic E-state index is 5.54. The third-order valence-corrected chi connectivity index (χ3v) is 3.63. The number of hydrogen-bond donors (Lipinski definition) is 2. The van der Waals surface area contributed by atoms with E-state index in [1.807, 2.05) is 6.07 Å². The van der Waals surface area contributed by atoms with Crippen molar-refractivity contribution in [3.8, 4) is 0 Å². The minimum absolute atomic E-state index is 0.0827. The second-order valence-corrected chi connectivity index (χ2v) is 6.37. The lowest BCUT2D eigenvalue weighted by atomic mass is 9.95. The minimum atomic E-state index is -0.0827. The standard InChI is InChI=1S/C14H25N5/c1-10-7-5-6-8-19(10)12-9-11(18-15)16-13(17-12)14(2,3)4/h9-10H,5-8,15H2,1-4H3,(H,16,17,18). The van der Waals surface area contributed by atoms with E-state index < -0.39 is 0 Å². The van der Waals surface area contributed by atoms with Gasteiger partial charge in [-0.3, -0.25) is 0 Å². The molecule has 0 aromatic carbocycles. The van der Waals surface area contributed by atoms with Gasteiger partial charge in [0.15, 0.2) is 0 Å². The molecule has 1 fully saturated rings. The van der Waals surface area contributed by atoms with Gasteiger partial charge in [0.25, 0.3) is 0 Å². The SMILES string of the molecule is CC1CCCCN1c1cc(NN)nc(C(C)(C)C)n1. The molecular formula is C14H25N5. The Hall–Kier alpha value is -1.36. The third-order valence-electron chi connectivity index (χ3n) is 3.63. The summed E-state index contributed by atoms with van der Waals surface area (Å²) < 4.78 is 0. The lowest BCUT2D eigenvalue weighted by molar-refractivity contribution is 0.476. The third kappa shape index (κ3) is 3.15. The molecule has 0 radical (unpaired) electrons. The molecule has 1 aromatic heterocycles. The highest BCUT2D eigenvalue weighted by atomic mass is 15.3. The number of rotatable bonds is 2. The molecule has 1 aliphatic heterocycles. The second kappa shape index (κ2) is 5.33. The van der Waals surface area contributed by atoms with Gasteiger partial charge in [-0.1, -0.05) is 20.8 Å². The lowest BCUT2D eigenvalue weighted by Gasteiger charge is -2.35. The molecule has 1 aromatic rings. The number of aromatic nitrogens is 2. The highest BCUT2D eigenvalue weighted by Crippen LogP contribution is 2.27. The van der Waals surface area contributed by atoms with Crippen molar-refractivity contribution >= 4 is 11.6 Å². The summed E-state index contributed by atoms with van der Waals surface area (Å²) in [6.07, 6.45) is 3.75. The fourth-order valence-electron chi connectivity index (χ4n) is 2.43. The van der Waals surface area contributed by atoms with E-state index in [2.05, 4.69) is 43.0 Å². The molecule has 1 atom stereocenters. The van der Waals surface area contributed by atoms with Crippen molar-refractivity contribution in [1.29, 1.82) is 0 Å². The summed E-state index contributed by atoms with van der Waals surface area (Å²) in [4.78, 5) is 11.6. The van der Waals surface area contributed by atoms with Crippen molar-refractivity contribution in [3.63, 3.8) is 0 Å². The van der Waals surface area contributed by atoms with Gasteiger partial charge in [-0.25, -0.2) is 15.8 Å². The maximum atomic E-state index is 5.54. The van der Waals surface area contributed by atoms with Crippen LogP contribution in [0.25, 0.3) is 0 Å². The topological polar surface area (TPSA) is 67.1 Å². The zero-order chi connectivity index (χ0) is 14.0. The van der Waals surface area contributed by atoms with Crippen LogP contribution in [0, 0.1) is 0 Å². The van der Waals surface area contributed by atoms with E-state index in [1.165, 1.54) is 19.3 Å². The minimum Gasteiger partial charge on any atom is -0.354 e. The molecule has 1 saturated heterocycles. The van der Waals surface area contributed by atoms with Crippen LogP contribution in [0.15, 0.2) is 6.07 Å². The largest absolute Gasteiger partial charge is 0.354 e. The fraction of sp³-hybridized carbons (Fsp3) is 0.714. The van der Waals surface area contributed by atoms with Crippen molar-refractivity contribution in [2.75, 3.05) is 16.9 Å². The van der Waals surface area contributed by atoms with E-state index >= 15 is 0 Å². The van der Waals surface area contributed by atoms with Crippen LogP contribution >= 0.6 is 0 Å². The molecule has 19 heavy (non-hydrogen) atoms. The first-order chi connectivity index (χ1) is 8.91. The van der Waals surface area contributed by atoms with E-state index in [-0.39, 0.29) is 5.41 Å². The quantitative estimate of drug-likeness (QED) is 0.633. The zero-order valence-corrected chi connectivity index (χ0v) is 12.4. The molecule has 106 valence electrons. The maximum Gasteiger partial charge on any atom is 0.145 e. The molecule has 0 spiro atoms. The Labute approximate surface area is 115 Å². The molecule has 2 heterocycles. The Kier molecular flexibility index (Phi) is 3.94. The van der Waals surface area contributed by atoms with Gasteiger partial charge < -0.3 is 10.3 Å². The molecule has 0 amide bonds. The highest BCUT2D eigenvalue weighted by molar-refractivity contribution is 5.50. The molecule has 5 heteroatoms. The molecule has 0 aliphatic carbocycles. The summed E-state index contributed by atoms with van der Waals surface area (Å²) in [5, 5.41) is 0. The normalized spacial score (nSPS) is 20.5. The molecule has 5 nitrogen and oxygen atoms in total. The summed E-state index contributed by atoms with van der Waals surface area (Å²) in [6.45, 7) is 9.67. The highest BCUT2D eigenvalue weighted by Gasteiger charge is 2.24. The zero-order valence-electron chi connectivity index (χ0n) is 12.4. The number of hydrazine groups is 1. The van der Waals surface area contributed by atoms with Gasteiger partial charge in [-0.2, -0.15) is 0 Å². The first-order valence-corrected chi connectivity index (χ1v) is 7.04. The summed E-state index contributed by atoms with van der Waals surface area (Å²) in [7, 11) is 0. The molecule has 2 rings (SSSR count). The van der Waals surface area contributed by atoms with E-state index in [1.54, 1.807) is 0 Å². The summed E-state index contributed by atoms with van der Waals surface area (Å²) >= 11 is 0. The fourth-order valence-corrected chi connectivity index (χ4v) is 2.43.